The third-order valence-electron chi connectivity index (χ3n) is 2.26. The molecule has 0 radical (unpaired) electrons. The lowest BCUT2D eigenvalue weighted by atomic mass is 10.2. The smallest absolute Gasteiger partial charge is 0.407 e. The quantitative estimate of drug-likeness (QED) is 0.729. The molecular formula is C15H21BrN2O3S. The number of benzene rings is 1. The molecule has 1 aromatic rings. The first-order valence-corrected chi connectivity index (χ1v) is 8.81. The van der Waals surface area contributed by atoms with Gasteiger partial charge < -0.3 is 15.4 Å². The number of halogens is 1. The Kier molecular flexibility index (Phi) is 7.75. The zero-order chi connectivity index (χ0) is 16.6. The number of alkyl carbamates (subject to hydrolysis) is 1. The van der Waals surface area contributed by atoms with E-state index >= 15 is 0 Å². The highest BCUT2D eigenvalue weighted by Crippen LogP contribution is 2.15. The maximum atomic E-state index is 11.7. The van der Waals surface area contributed by atoms with E-state index < -0.39 is 11.7 Å². The van der Waals surface area contributed by atoms with Crippen LogP contribution in [0.2, 0.25) is 0 Å². The third kappa shape index (κ3) is 8.94. The molecule has 1 aromatic carbocycles. The number of nitrogens with one attached hydrogen (secondary N) is 2. The first kappa shape index (κ1) is 18.8. The fourth-order valence-electron chi connectivity index (χ4n) is 1.47. The summed E-state index contributed by atoms with van der Waals surface area (Å²) in [5.41, 5.74) is 0.257. The van der Waals surface area contributed by atoms with Crippen LogP contribution < -0.4 is 10.6 Å². The highest BCUT2D eigenvalue weighted by Gasteiger charge is 2.15. The van der Waals surface area contributed by atoms with E-state index in [2.05, 4.69) is 26.6 Å². The van der Waals surface area contributed by atoms with Crippen molar-refractivity contribution in [1.82, 2.24) is 5.32 Å². The molecule has 0 aliphatic rings. The summed E-state index contributed by atoms with van der Waals surface area (Å²) in [4.78, 5) is 23.2. The van der Waals surface area contributed by atoms with Crippen molar-refractivity contribution in [2.45, 2.75) is 26.4 Å². The Morgan fingerprint density at radius 1 is 1.32 bits per heavy atom. The monoisotopic (exact) mass is 388 g/mol. The molecule has 0 aliphatic heterocycles. The van der Waals surface area contributed by atoms with E-state index in [0.29, 0.717) is 18.1 Å². The molecular weight excluding hydrogens is 368 g/mol. The summed E-state index contributed by atoms with van der Waals surface area (Å²) in [5, 5.41) is 5.46. The fourth-order valence-corrected chi connectivity index (χ4v) is 2.52. The molecule has 0 heterocycles. The van der Waals surface area contributed by atoms with Gasteiger partial charge in [-0.25, -0.2) is 4.79 Å². The minimum absolute atomic E-state index is 0.0691. The first-order valence-electron chi connectivity index (χ1n) is 6.86. The van der Waals surface area contributed by atoms with Crippen molar-refractivity contribution in [3.63, 3.8) is 0 Å². The second kappa shape index (κ2) is 9.05. The zero-order valence-corrected chi connectivity index (χ0v) is 15.3. The van der Waals surface area contributed by atoms with E-state index in [1.54, 1.807) is 0 Å². The van der Waals surface area contributed by atoms with Gasteiger partial charge in [-0.05, 0) is 39.0 Å². The number of carbonyl (C=O) groups is 2. The topological polar surface area (TPSA) is 67.4 Å². The number of thioether (sulfide) groups is 1. The van der Waals surface area contributed by atoms with Crippen LogP contribution in [0.3, 0.4) is 0 Å². The predicted octanol–water partition coefficient (Wildman–Crippen LogP) is 3.65. The molecule has 22 heavy (non-hydrogen) atoms. The van der Waals surface area contributed by atoms with Crippen molar-refractivity contribution in [2.75, 3.05) is 23.4 Å². The van der Waals surface area contributed by atoms with E-state index in [4.69, 9.17) is 4.74 Å². The number of hydrogen-bond donors (Lipinski definition) is 2. The summed E-state index contributed by atoms with van der Waals surface area (Å²) in [7, 11) is 0. The molecule has 0 unspecified atom stereocenters. The number of rotatable bonds is 6. The van der Waals surface area contributed by atoms with Gasteiger partial charge in [-0.2, -0.15) is 11.8 Å². The summed E-state index contributed by atoms with van der Waals surface area (Å²) in [6.45, 7) is 5.90. The van der Waals surface area contributed by atoms with Crippen molar-refractivity contribution in [2.24, 2.45) is 0 Å². The van der Waals surface area contributed by atoms with Gasteiger partial charge in [0.1, 0.15) is 5.60 Å². The average molecular weight is 389 g/mol. The molecule has 2 N–H and O–H groups in total. The van der Waals surface area contributed by atoms with Gasteiger partial charge >= 0.3 is 6.09 Å². The van der Waals surface area contributed by atoms with Crippen LogP contribution in [0.5, 0.6) is 0 Å². The molecule has 0 aromatic heterocycles. The average Bonchev–Trinajstić information content (AvgIpc) is 2.36. The van der Waals surface area contributed by atoms with Crippen LogP contribution in [0.1, 0.15) is 20.8 Å². The molecule has 122 valence electrons. The van der Waals surface area contributed by atoms with Gasteiger partial charge in [-0.3, -0.25) is 4.79 Å². The van der Waals surface area contributed by atoms with Crippen molar-refractivity contribution in [1.29, 1.82) is 0 Å². The van der Waals surface area contributed by atoms with E-state index in [1.165, 1.54) is 11.8 Å². The van der Waals surface area contributed by atoms with Gasteiger partial charge in [-0.15, -0.1) is 0 Å². The van der Waals surface area contributed by atoms with Crippen molar-refractivity contribution >= 4 is 45.4 Å². The second-order valence-corrected chi connectivity index (χ2v) is 7.56. The first-order chi connectivity index (χ1) is 10.3. The molecule has 5 nitrogen and oxygen atoms in total. The minimum atomic E-state index is -0.499. The molecule has 0 bridgehead atoms. The number of anilines is 1. The third-order valence-corrected chi connectivity index (χ3v) is 3.71. The zero-order valence-electron chi connectivity index (χ0n) is 12.9. The molecule has 2 amide bonds. The summed E-state index contributed by atoms with van der Waals surface area (Å²) >= 11 is 4.80. The Bertz CT molecular complexity index is 518. The summed E-state index contributed by atoms with van der Waals surface area (Å²) in [5.74, 6) is 0.911. The maximum absolute atomic E-state index is 11.7. The molecule has 0 saturated carbocycles. The number of carbonyl (C=O) groups excluding carboxylic acids is 2. The van der Waals surface area contributed by atoms with Gasteiger partial charge in [0.05, 0.1) is 5.75 Å². The Morgan fingerprint density at radius 3 is 2.68 bits per heavy atom. The molecule has 0 aliphatic carbocycles. The van der Waals surface area contributed by atoms with Crippen LogP contribution in [0.4, 0.5) is 10.5 Å². The van der Waals surface area contributed by atoms with Gasteiger partial charge in [0.25, 0.3) is 0 Å². The van der Waals surface area contributed by atoms with E-state index in [-0.39, 0.29) is 5.91 Å². The normalized spacial score (nSPS) is 10.9. The molecule has 0 saturated heterocycles. The molecule has 0 atom stereocenters. The van der Waals surface area contributed by atoms with Crippen LogP contribution in [0.25, 0.3) is 0 Å². The SMILES string of the molecule is CC(C)(C)OC(=O)NCCSCC(=O)Nc1cccc(Br)c1. The largest absolute Gasteiger partial charge is 0.444 e. The predicted molar refractivity (Wildman–Crippen MR) is 94.3 cm³/mol. The highest BCUT2D eigenvalue weighted by molar-refractivity contribution is 9.10. The van der Waals surface area contributed by atoms with Crippen molar-refractivity contribution < 1.29 is 14.3 Å². The minimum Gasteiger partial charge on any atom is -0.444 e. The summed E-state index contributed by atoms with van der Waals surface area (Å²) in [6, 6.07) is 7.42. The van der Waals surface area contributed by atoms with Gasteiger partial charge in [0.2, 0.25) is 5.91 Å². The number of hydrogen-bond acceptors (Lipinski definition) is 4. The molecule has 1 rings (SSSR count). The summed E-state index contributed by atoms with van der Waals surface area (Å²) in [6.07, 6.45) is -0.438. The lowest BCUT2D eigenvalue weighted by Gasteiger charge is -2.19. The number of ether oxygens (including phenoxy) is 1. The summed E-state index contributed by atoms with van der Waals surface area (Å²) < 4.78 is 6.03. The van der Waals surface area contributed by atoms with Gasteiger partial charge in [0, 0.05) is 22.5 Å². The Hall–Kier alpha value is -1.21. The molecule has 0 fully saturated rings. The fraction of sp³-hybridized carbons (Fsp3) is 0.467. The highest BCUT2D eigenvalue weighted by atomic mass is 79.9. The lowest BCUT2D eigenvalue weighted by Crippen LogP contribution is -2.33. The van der Waals surface area contributed by atoms with Crippen LogP contribution in [0.15, 0.2) is 28.7 Å². The van der Waals surface area contributed by atoms with Crippen LogP contribution in [-0.4, -0.2) is 35.7 Å². The molecule has 0 spiro atoms. The van der Waals surface area contributed by atoms with E-state index in [9.17, 15) is 9.59 Å². The van der Waals surface area contributed by atoms with E-state index in [0.717, 1.165) is 10.2 Å². The van der Waals surface area contributed by atoms with E-state index in [1.807, 2.05) is 45.0 Å². The standard InChI is InChI=1S/C15H21BrN2O3S/c1-15(2,3)21-14(20)17-7-8-22-10-13(19)18-12-6-4-5-11(16)9-12/h4-6,9H,7-8,10H2,1-3H3,(H,17,20)(H,18,19). The van der Waals surface area contributed by atoms with Crippen LogP contribution in [0, 0.1) is 0 Å². The number of amides is 2. The van der Waals surface area contributed by atoms with Crippen LogP contribution in [-0.2, 0) is 9.53 Å². The van der Waals surface area contributed by atoms with Crippen molar-refractivity contribution in [3.8, 4) is 0 Å². The maximum Gasteiger partial charge on any atom is 0.407 e. The molecule has 7 heteroatoms. The Morgan fingerprint density at radius 2 is 2.05 bits per heavy atom. The second-order valence-electron chi connectivity index (χ2n) is 5.54. The Labute approximate surface area is 143 Å². The van der Waals surface area contributed by atoms with Gasteiger partial charge in [-0.1, -0.05) is 22.0 Å². The van der Waals surface area contributed by atoms with Crippen molar-refractivity contribution in [3.05, 3.63) is 28.7 Å². The Balaban J connectivity index is 2.14. The van der Waals surface area contributed by atoms with Crippen LogP contribution >= 0.6 is 27.7 Å². The van der Waals surface area contributed by atoms with Gasteiger partial charge in [0.15, 0.2) is 0 Å². The lowest BCUT2D eigenvalue weighted by molar-refractivity contribution is -0.113.